The molecule has 0 saturated carbocycles. The van der Waals surface area contributed by atoms with E-state index in [1.54, 1.807) is 55.5 Å². The van der Waals surface area contributed by atoms with Gasteiger partial charge in [-0.05, 0) is 84.2 Å². The number of pyridine rings is 2. The smallest absolute Gasteiger partial charge is 0.391 e. The van der Waals surface area contributed by atoms with E-state index >= 15 is 0 Å². The Morgan fingerprint density at radius 1 is 1.08 bits per heavy atom. The van der Waals surface area contributed by atoms with Crippen molar-refractivity contribution in [2.24, 2.45) is 5.73 Å². The Labute approximate surface area is 176 Å². The SMILES string of the molecule is CC(C)(C)O.NC(=O)Oc1ccc(I)c(F)n1.Nc1ccc(I)c(F)n1. The minimum Gasteiger partial charge on any atom is -0.391 e. The van der Waals surface area contributed by atoms with E-state index in [1.165, 1.54) is 12.1 Å². The quantitative estimate of drug-likeness (QED) is 0.344. The van der Waals surface area contributed by atoms with Gasteiger partial charge in [-0.3, -0.25) is 0 Å². The van der Waals surface area contributed by atoms with Gasteiger partial charge in [0.05, 0.1) is 12.7 Å². The first-order chi connectivity index (χ1) is 11.8. The Kier molecular flexibility index (Phi) is 10.8. The molecule has 7 nitrogen and oxygen atoms in total. The molecular formula is C15H18F2I2N4O3. The van der Waals surface area contributed by atoms with Crippen molar-refractivity contribution in [3.05, 3.63) is 43.3 Å². The minimum absolute atomic E-state index is 0.139. The van der Waals surface area contributed by atoms with Crippen LogP contribution in [0.5, 0.6) is 5.88 Å². The Bertz CT molecular complexity index is 737. The zero-order valence-electron chi connectivity index (χ0n) is 14.1. The average molecular weight is 594 g/mol. The molecular weight excluding hydrogens is 576 g/mol. The van der Waals surface area contributed by atoms with E-state index in [1.807, 2.05) is 22.6 Å². The van der Waals surface area contributed by atoms with Crippen LogP contribution in [0.1, 0.15) is 20.8 Å². The first-order valence-corrected chi connectivity index (χ1v) is 9.04. The van der Waals surface area contributed by atoms with Gasteiger partial charge in [-0.1, -0.05) is 0 Å². The number of rotatable bonds is 1. The van der Waals surface area contributed by atoms with Crippen molar-refractivity contribution >= 4 is 57.1 Å². The summed E-state index contributed by atoms with van der Waals surface area (Å²) < 4.78 is 30.2. The van der Waals surface area contributed by atoms with Crippen molar-refractivity contribution in [1.29, 1.82) is 0 Å². The fourth-order valence-corrected chi connectivity index (χ4v) is 1.59. The molecule has 26 heavy (non-hydrogen) atoms. The number of nitrogens with two attached hydrogens (primary N) is 2. The fraction of sp³-hybridized carbons (Fsp3) is 0.267. The number of aliphatic hydroxyl groups is 1. The summed E-state index contributed by atoms with van der Waals surface area (Å²) in [5.41, 5.74) is 9.36. The van der Waals surface area contributed by atoms with Gasteiger partial charge in [0.25, 0.3) is 0 Å². The van der Waals surface area contributed by atoms with Gasteiger partial charge in [0, 0.05) is 6.07 Å². The highest BCUT2D eigenvalue weighted by Gasteiger charge is 2.04. The molecule has 0 unspecified atom stereocenters. The molecule has 0 bridgehead atoms. The molecule has 0 aliphatic heterocycles. The predicted molar refractivity (Wildman–Crippen MR) is 110 cm³/mol. The molecule has 5 N–H and O–H groups in total. The van der Waals surface area contributed by atoms with Crippen molar-refractivity contribution in [1.82, 2.24) is 9.97 Å². The summed E-state index contributed by atoms with van der Waals surface area (Å²) >= 11 is 3.61. The van der Waals surface area contributed by atoms with Crippen molar-refractivity contribution in [3.8, 4) is 5.88 Å². The van der Waals surface area contributed by atoms with Gasteiger partial charge in [-0.15, -0.1) is 0 Å². The molecule has 0 aliphatic rings. The van der Waals surface area contributed by atoms with Crippen molar-refractivity contribution < 1.29 is 23.4 Å². The van der Waals surface area contributed by atoms with Crippen LogP contribution in [-0.4, -0.2) is 26.8 Å². The number of carbonyl (C=O) groups is 1. The number of anilines is 1. The third-order valence-corrected chi connectivity index (χ3v) is 3.42. The van der Waals surface area contributed by atoms with Crippen molar-refractivity contribution in [3.63, 3.8) is 0 Å². The van der Waals surface area contributed by atoms with Crippen LogP contribution in [0.4, 0.5) is 19.4 Å². The molecule has 0 saturated heterocycles. The van der Waals surface area contributed by atoms with E-state index in [0.29, 0.717) is 7.14 Å². The first-order valence-electron chi connectivity index (χ1n) is 6.89. The van der Waals surface area contributed by atoms with Gasteiger partial charge in [0.1, 0.15) is 5.82 Å². The van der Waals surface area contributed by atoms with Gasteiger partial charge in [0.15, 0.2) is 0 Å². The number of nitrogen functional groups attached to an aromatic ring is 1. The van der Waals surface area contributed by atoms with Crippen LogP contribution in [0.3, 0.4) is 0 Å². The lowest BCUT2D eigenvalue weighted by molar-refractivity contribution is 0.102. The number of carbonyl (C=O) groups excluding carboxylic acids is 1. The number of ether oxygens (including phenoxy) is 1. The molecule has 0 spiro atoms. The molecule has 0 atom stereocenters. The molecule has 144 valence electrons. The highest BCUT2D eigenvalue weighted by Crippen LogP contribution is 2.13. The highest BCUT2D eigenvalue weighted by molar-refractivity contribution is 14.1. The van der Waals surface area contributed by atoms with Gasteiger partial charge < -0.3 is 21.3 Å². The van der Waals surface area contributed by atoms with Crippen LogP contribution in [0.15, 0.2) is 24.3 Å². The maximum absolute atomic E-state index is 12.7. The van der Waals surface area contributed by atoms with Crippen molar-refractivity contribution in [2.75, 3.05) is 5.73 Å². The zero-order valence-corrected chi connectivity index (χ0v) is 18.4. The van der Waals surface area contributed by atoms with E-state index < -0.39 is 23.6 Å². The average Bonchev–Trinajstić information content (AvgIpc) is 2.46. The number of hydrogen-bond acceptors (Lipinski definition) is 6. The Balaban J connectivity index is 0.000000394. The largest absolute Gasteiger partial charge is 0.411 e. The van der Waals surface area contributed by atoms with Crippen LogP contribution >= 0.6 is 45.2 Å². The standard InChI is InChI=1S/C6H4FIN2O2.C5H4FIN2.C4H10O/c7-5-3(8)1-2-4(10-5)12-6(9)11;6-5-3(7)1-2-4(8)9-5;1-4(2,3)5/h1-2H,(H2,9,11);1-2H,(H2,8,9);5H,1-3H3. The highest BCUT2D eigenvalue weighted by atomic mass is 127. The molecule has 2 heterocycles. The molecule has 11 heteroatoms. The molecule has 2 aromatic rings. The van der Waals surface area contributed by atoms with Crippen LogP contribution in [0.25, 0.3) is 0 Å². The lowest BCUT2D eigenvalue weighted by atomic mass is 10.2. The summed E-state index contributed by atoms with van der Waals surface area (Å²) in [4.78, 5) is 16.9. The summed E-state index contributed by atoms with van der Waals surface area (Å²) in [6.45, 7) is 5.23. The Hall–Kier alpha value is -1.35. The van der Waals surface area contributed by atoms with Gasteiger partial charge in [-0.2, -0.15) is 13.8 Å². The summed E-state index contributed by atoms with van der Waals surface area (Å²) in [5, 5.41) is 8.52. The number of aromatic nitrogens is 2. The number of primary amides is 1. The van der Waals surface area contributed by atoms with Crippen LogP contribution in [0, 0.1) is 19.0 Å². The molecule has 0 aromatic carbocycles. The molecule has 0 aliphatic carbocycles. The number of hydrogen-bond donors (Lipinski definition) is 3. The van der Waals surface area contributed by atoms with E-state index in [2.05, 4.69) is 20.4 Å². The van der Waals surface area contributed by atoms with Gasteiger partial charge >= 0.3 is 6.09 Å². The molecule has 0 fully saturated rings. The monoisotopic (exact) mass is 594 g/mol. The maximum atomic E-state index is 12.7. The van der Waals surface area contributed by atoms with E-state index in [0.717, 1.165) is 0 Å². The molecule has 1 amide bonds. The Morgan fingerprint density at radius 2 is 1.50 bits per heavy atom. The maximum Gasteiger partial charge on any atom is 0.411 e. The normalized spacial score (nSPS) is 10.0. The van der Waals surface area contributed by atoms with Crippen LogP contribution < -0.4 is 16.2 Å². The number of nitrogens with zero attached hydrogens (tertiary/aromatic N) is 2. The second-order valence-electron chi connectivity index (χ2n) is 5.52. The zero-order chi connectivity index (χ0) is 20.5. The van der Waals surface area contributed by atoms with E-state index in [9.17, 15) is 13.6 Å². The van der Waals surface area contributed by atoms with Crippen LogP contribution in [-0.2, 0) is 0 Å². The van der Waals surface area contributed by atoms with E-state index in [-0.39, 0.29) is 11.7 Å². The molecule has 0 radical (unpaired) electrons. The molecule has 2 aromatic heterocycles. The van der Waals surface area contributed by atoms with E-state index in [4.69, 9.17) is 10.8 Å². The van der Waals surface area contributed by atoms with Crippen molar-refractivity contribution in [2.45, 2.75) is 26.4 Å². The first kappa shape index (κ1) is 24.7. The fourth-order valence-electron chi connectivity index (χ4n) is 0.992. The lowest BCUT2D eigenvalue weighted by Crippen LogP contribution is -2.17. The van der Waals surface area contributed by atoms with Gasteiger partial charge in [-0.25, -0.2) is 9.78 Å². The summed E-state index contributed by atoms with van der Waals surface area (Å²) in [5.74, 6) is -1.11. The van der Waals surface area contributed by atoms with Crippen LogP contribution in [0.2, 0.25) is 0 Å². The summed E-state index contributed by atoms with van der Waals surface area (Å²) in [6.07, 6.45) is -1.01. The Morgan fingerprint density at radius 3 is 1.85 bits per heavy atom. The molecule has 2 rings (SSSR count). The summed E-state index contributed by atoms with van der Waals surface area (Å²) in [6, 6.07) is 5.93. The third kappa shape index (κ3) is 12.9. The summed E-state index contributed by atoms with van der Waals surface area (Å²) in [7, 11) is 0. The lowest BCUT2D eigenvalue weighted by Gasteiger charge is -2.04. The third-order valence-electron chi connectivity index (χ3n) is 1.81. The number of amides is 1. The number of halogens is 4. The second-order valence-corrected chi connectivity index (χ2v) is 7.85. The van der Waals surface area contributed by atoms with Gasteiger partial charge in [0.2, 0.25) is 17.8 Å². The predicted octanol–water partition coefficient (Wildman–Crippen LogP) is 3.47. The second kappa shape index (κ2) is 11.4. The minimum atomic E-state index is -1.01. The topological polar surface area (TPSA) is 124 Å².